The van der Waals surface area contributed by atoms with E-state index in [0.717, 1.165) is 16.0 Å². The molecular weight excluding hydrogens is 302 g/mol. The normalized spacial score (nSPS) is 10.5. The number of hydrogen-bond donors (Lipinski definition) is 3. The first kappa shape index (κ1) is 14.2. The summed E-state index contributed by atoms with van der Waals surface area (Å²) >= 11 is 1.56. The maximum Gasteiger partial charge on any atom is 0.273 e. The van der Waals surface area contributed by atoms with Crippen LogP contribution in [0.15, 0.2) is 36.1 Å². The van der Waals surface area contributed by atoms with Crippen molar-refractivity contribution in [2.45, 2.75) is 0 Å². The summed E-state index contributed by atoms with van der Waals surface area (Å²) < 4.78 is 0.983. The van der Waals surface area contributed by atoms with Crippen LogP contribution in [0.1, 0.15) is 10.5 Å². The van der Waals surface area contributed by atoms with Crippen molar-refractivity contribution >= 4 is 33.3 Å². The summed E-state index contributed by atoms with van der Waals surface area (Å²) in [7, 11) is 0. The molecule has 0 atom stereocenters. The van der Waals surface area contributed by atoms with Gasteiger partial charge in [0.2, 0.25) is 0 Å². The molecule has 0 aliphatic carbocycles. The second-order valence-electron chi connectivity index (χ2n) is 4.41. The van der Waals surface area contributed by atoms with Crippen molar-refractivity contribution in [2.24, 2.45) is 0 Å². The summed E-state index contributed by atoms with van der Waals surface area (Å²) in [6.07, 6.45) is 2.96. The molecule has 0 saturated heterocycles. The molecule has 112 valence electrons. The van der Waals surface area contributed by atoms with Crippen LogP contribution in [-0.4, -0.2) is 39.1 Å². The van der Waals surface area contributed by atoms with Crippen LogP contribution in [0.2, 0.25) is 0 Å². The maximum absolute atomic E-state index is 11.9. The highest BCUT2D eigenvalue weighted by Crippen LogP contribution is 2.24. The van der Waals surface area contributed by atoms with Gasteiger partial charge in [-0.3, -0.25) is 4.79 Å². The number of thiophene rings is 1. The number of nitrogens with zero attached hydrogens (tertiary/aromatic N) is 3. The first-order chi connectivity index (χ1) is 10.8. The highest BCUT2D eigenvalue weighted by molar-refractivity contribution is 7.17. The third kappa shape index (κ3) is 2.96. The lowest BCUT2D eigenvalue weighted by Crippen LogP contribution is -2.29. The lowest BCUT2D eigenvalue weighted by molar-refractivity contribution is 0.0947. The molecule has 0 unspecified atom stereocenters. The van der Waals surface area contributed by atoms with E-state index in [4.69, 9.17) is 0 Å². The quantitative estimate of drug-likeness (QED) is 0.619. The Morgan fingerprint density at radius 1 is 1.23 bits per heavy atom. The molecule has 0 bridgehead atoms. The average molecular weight is 315 g/mol. The van der Waals surface area contributed by atoms with E-state index in [0.29, 0.717) is 13.1 Å². The number of nitrogens with one attached hydrogen (secondary N) is 2. The molecule has 3 aromatic heterocycles. The lowest BCUT2D eigenvalue weighted by atomic mass is 10.3. The number of pyridine rings is 1. The fourth-order valence-corrected chi connectivity index (χ4v) is 2.74. The number of fused-ring (bicyclic) bond motifs is 1. The van der Waals surface area contributed by atoms with Crippen molar-refractivity contribution in [2.75, 3.05) is 18.4 Å². The van der Waals surface area contributed by atoms with E-state index in [1.807, 2.05) is 11.4 Å². The molecule has 3 heterocycles. The minimum Gasteiger partial charge on any atom is -0.505 e. The van der Waals surface area contributed by atoms with Gasteiger partial charge in [-0.15, -0.1) is 11.3 Å². The van der Waals surface area contributed by atoms with Gasteiger partial charge in [0.25, 0.3) is 5.91 Å². The Balaban J connectivity index is 1.55. The fraction of sp³-hybridized carbons (Fsp3) is 0.143. The molecule has 22 heavy (non-hydrogen) atoms. The van der Waals surface area contributed by atoms with E-state index < -0.39 is 5.91 Å². The van der Waals surface area contributed by atoms with Crippen molar-refractivity contribution in [1.82, 2.24) is 20.3 Å². The number of carbonyl (C=O) groups excluding carboxylic acids is 1. The zero-order valence-corrected chi connectivity index (χ0v) is 12.3. The van der Waals surface area contributed by atoms with Crippen LogP contribution in [0, 0.1) is 0 Å². The summed E-state index contributed by atoms with van der Waals surface area (Å²) in [4.78, 5) is 24.1. The Morgan fingerprint density at radius 2 is 2.14 bits per heavy atom. The molecule has 3 rings (SSSR count). The van der Waals surface area contributed by atoms with Crippen molar-refractivity contribution in [3.63, 3.8) is 0 Å². The molecule has 0 aromatic carbocycles. The molecular formula is C14H13N5O2S. The zero-order valence-electron chi connectivity index (χ0n) is 11.5. The number of amides is 1. The smallest absolute Gasteiger partial charge is 0.273 e. The van der Waals surface area contributed by atoms with Crippen LogP contribution in [0.5, 0.6) is 5.75 Å². The fourth-order valence-electron chi connectivity index (χ4n) is 1.93. The van der Waals surface area contributed by atoms with Crippen molar-refractivity contribution in [3.8, 4) is 5.75 Å². The number of hydrogen-bond acceptors (Lipinski definition) is 7. The lowest BCUT2D eigenvalue weighted by Gasteiger charge is -2.08. The van der Waals surface area contributed by atoms with Gasteiger partial charge in [0, 0.05) is 19.3 Å². The number of anilines is 1. The number of aromatic hydroxyl groups is 1. The van der Waals surface area contributed by atoms with Gasteiger partial charge in [0.1, 0.15) is 17.9 Å². The van der Waals surface area contributed by atoms with Crippen LogP contribution in [0.3, 0.4) is 0 Å². The second kappa shape index (κ2) is 6.35. The van der Waals surface area contributed by atoms with Crippen LogP contribution in [0.4, 0.5) is 5.82 Å². The van der Waals surface area contributed by atoms with Gasteiger partial charge in [-0.25, -0.2) is 15.0 Å². The number of aromatic nitrogens is 3. The van der Waals surface area contributed by atoms with Gasteiger partial charge in [-0.2, -0.15) is 0 Å². The molecule has 0 fully saturated rings. The highest BCUT2D eigenvalue weighted by atomic mass is 32.1. The Labute approximate surface area is 130 Å². The average Bonchev–Trinajstić information content (AvgIpc) is 3.01. The van der Waals surface area contributed by atoms with E-state index in [1.165, 1.54) is 18.6 Å². The molecule has 0 saturated carbocycles. The summed E-state index contributed by atoms with van der Waals surface area (Å²) in [5.74, 6) is 0.197. The minimum absolute atomic E-state index is 0.0187. The number of carbonyl (C=O) groups is 1. The van der Waals surface area contributed by atoms with Gasteiger partial charge in [0.15, 0.2) is 5.69 Å². The molecule has 3 aromatic rings. The van der Waals surface area contributed by atoms with Crippen LogP contribution in [0.25, 0.3) is 10.2 Å². The molecule has 0 radical (unpaired) electrons. The summed E-state index contributed by atoms with van der Waals surface area (Å²) in [6, 6.07) is 4.92. The van der Waals surface area contributed by atoms with Crippen LogP contribution < -0.4 is 10.6 Å². The van der Waals surface area contributed by atoms with Gasteiger partial charge in [-0.1, -0.05) is 0 Å². The number of rotatable bonds is 5. The van der Waals surface area contributed by atoms with Crippen molar-refractivity contribution in [1.29, 1.82) is 0 Å². The Hall–Kier alpha value is -2.74. The summed E-state index contributed by atoms with van der Waals surface area (Å²) in [5, 5.41) is 17.4. The molecule has 7 nitrogen and oxygen atoms in total. The molecule has 0 aliphatic heterocycles. The highest BCUT2D eigenvalue weighted by Gasteiger charge is 2.11. The maximum atomic E-state index is 11.9. The third-order valence-corrected chi connectivity index (χ3v) is 3.86. The zero-order chi connectivity index (χ0) is 15.4. The van der Waals surface area contributed by atoms with E-state index >= 15 is 0 Å². The van der Waals surface area contributed by atoms with E-state index in [9.17, 15) is 9.90 Å². The molecule has 8 heteroatoms. The summed E-state index contributed by atoms with van der Waals surface area (Å²) in [6.45, 7) is 0.884. The predicted octanol–water partition coefficient (Wildman–Crippen LogP) is 1.63. The van der Waals surface area contributed by atoms with Gasteiger partial charge >= 0.3 is 0 Å². The third-order valence-electron chi connectivity index (χ3n) is 2.95. The Morgan fingerprint density at radius 3 is 3.00 bits per heavy atom. The van der Waals surface area contributed by atoms with E-state index in [2.05, 4.69) is 25.6 Å². The van der Waals surface area contributed by atoms with Gasteiger partial charge in [-0.05, 0) is 23.6 Å². The standard InChI is InChI=1S/C14H13N5O2S/c20-10-2-1-4-15-11(10)14(21)17-6-5-16-13-12-9(3-7-22-12)18-8-19-13/h1-4,7-8,20H,5-6H2,(H,17,21)(H,16,18,19). The Kier molecular flexibility index (Phi) is 4.10. The van der Waals surface area contributed by atoms with Crippen molar-refractivity contribution in [3.05, 3.63) is 41.8 Å². The predicted molar refractivity (Wildman–Crippen MR) is 84.1 cm³/mol. The van der Waals surface area contributed by atoms with Crippen molar-refractivity contribution < 1.29 is 9.90 Å². The van der Waals surface area contributed by atoms with Gasteiger partial charge in [0.05, 0.1) is 10.2 Å². The molecule has 1 amide bonds. The van der Waals surface area contributed by atoms with Crippen LogP contribution in [-0.2, 0) is 0 Å². The largest absolute Gasteiger partial charge is 0.505 e. The Bertz CT molecular complexity index is 805. The first-order valence-electron chi connectivity index (χ1n) is 6.60. The van der Waals surface area contributed by atoms with E-state index in [-0.39, 0.29) is 11.4 Å². The topological polar surface area (TPSA) is 100 Å². The van der Waals surface area contributed by atoms with Crippen LogP contribution >= 0.6 is 11.3 Å². The minimum atomic E-state index is -0.413. The van der Waals surface area contributed by atoms with Gasteiger partial charge < -0.3 is 15.7 Å². The first-order valence-corrected chi connectivity index (χ1v) is 7.48. The monoisotopic (exact) mass is 315 g/mol. The molecule has 0 aliphatic rings. The van der Waals surface area contributed by atoms with E-state index in [1.54, 1.807) is 17.4 Å². The second-order valence-corrected chi connectivity index (χ2v) is 5.33. The molecule has 0 spiro atoms. The summed E-state index contributed by atoms with van der Waals surface area (Å²) in [5.41, 5.74) is 0.912. The molecule has 3 N–H and O–H groups in total. The SMILES string of the molecule is O=C(NCCNc1ncnc2ccsc12)c1ncccc1O.